The Morgan fingerprint density at radius 2 is 2.17 bits per heavy atom. The molecule has 0 radical (unpaired) electrons. The molecular weight excluding hydrogens is 312 g/mol. The van der Waals surface area contributed by atoms with Crippen LogP contribution in [0.5, 0.6) is 0 Å². The van der Waals surface area contributed by atoms with Crippen molar-refractivity contribution in [3.05, 3.63) is 51.6 Å². The molecule has 0 bridgehead atoms. The molecule has 4 rings (SSSR count). The lowest BCUT2D eigenvalue weighted by molar-refractivity contribution is 0.0562. The van der Waals surface area contributed by atoms with Crippen LogP contribution in [-0.2, 0) is 24.1 Å². The van der Waals surface area contributed by atoms with Crippen molar-refractivity contribution in [1.29, 1.82) is 0 Å². The summed E-state index contributed by atoms with van der Waals surface area (Å²) in [6, 6.07) is 3.15. The van der Waals surface area contributed by atoms with Gasteiger partial charge in [0.2, 0.25) is 5.76 Å². The van der Waals surface area contributed by atoms with Gasteiger partial charge in [0.1, 0.15) is 24.1 Å². The molecule has 3 aromatic rings. The van der Waals surface area contributed by atoms with Crippen LogP contribution >= 0.6 is 0 Å². The molecular formula is C16H16N4O4. The van der Waals surface area contributed by atoms with E-state index in [1.54, 1.807) is 16.9 Å². The predicted octanol–water partition coefficient (Wildman–Crippen LogP) is 1.20. The van der Waals surface area contributed by atoms with Crippen molar-refractivity contribution in [1.82, 2.24) is 19.4 Å². The van der Waals surface area contributed by atoms with Crippen molar-refractivity contribution in [2.45, 2.75) is 32.2 Å². The van der Waals surface area contributed by atoms with E-state index in [-0.39, 0.29) is 17.9 Å². The summed E-state index contributed by atoms with van der Waals surface area (Å²) in [5.74, 6) is 0.00737. The molecule has 0 amide bonds. The predicted molar refractivity (Wildman–Crippen MR) is 83.0 cm³/mol. The summed E-state index contributed by atoms with van der Waals surface area (Å²) < 4.78 is 12.9. The van der Waals surface area contributed by atoms with E-state index in [1.807, 2.05) is 0 Å². The van der Waals surface area contributed by atoms with E-state index >= 15 is 0 Å². The van der Waals surface area contributed by atoms with Crippen LogP contribution < -0.4 is 5.56 Å². The fourth-order valence-electron chi connectivity index (χ4n) is 3.10. The molecule has 0 N–H and O–H groups in total. The van der Waals surface area contributed by atoms with Crippen molar-refractivity contribution in [3.63, 3.8) is 0 Å². The summed E-state index contributed by atoms with van der Waals surface area (Å²) in [4.78, 5) is 24.2. The smallest absolute Gasteiger partial charge is 0.373 e. The number of esters is 1. The minimum Gasteiger partial charge on any atom is -0.463 e. The van der Waals surface area contributed by atoms with Gasteiger partial charge in [0.15, 0.2) is 0 Å². The molecule has 1 aliphatic carbocycles. The van der Waals surface area contributed by atoms with Crippen molar-refractivity contribution >= 4 is 11.5 Å². The molecule has 0 aromatic carbocycles. The minimum absolute atomic E-state index is 0.100. The highest BCUT2D eigenvalue weighted by atomic mass is 16.5. The summed E-state index contributed by atoms with van der Waals surface area (Å²) in [5.41, 5.74) is 2.39. The normalized spacial score (nSPS) is 13.9. The van der Waals surface area contributed by atoms with E-state index in [0.717, 1.165) is 36.9 Å². The molecule has 8 heteroatoms. The lowest BCUT2D eigenvalue weighted by Crippen LogP contribution is -2.25. The molecule has 0 spiro atoms. The lowest BCUT2D eigenvalue weighted by atomic mass is 9.97. The minimum atomic E-state index is -0.554. The number of methoxy groups -OCH3 is 1. The van der Waals surface area contributed by atoms with E-state index in [1.165, 1.54) is 17.9 Å². The number of ether oxygens (including phenoxy) is 1. The molecule has 124 valence electrons. The molecule has 0 saturated carbocycles. The highest BCUT2D eigenvalue weighted by Crippen LogP contribution is 2.22. The highest BCUT2D eigenvalue weighted by molar-refractivity contribution is 5.86. The van der Waals surface area contributed by atoms with Crippen LogP contribution in [0.1, 0.15) is 40.4 Å². The summed E-state index contributed by atoms with van der Waals surface area (Å²) >= 11 is 0. The van der Waals surface area contributed by atoms with Crippen molar-refractivity contribution in [3.8, 4) is 0 Å². The third-order valence-corrected chi connectivity index (χ3v) is 4.27. The van der Waals surface area contributed by atoms with Gasteiger partial charge < -0.3 is 9.15 Å². The van der Waals surface area contributed by atoms with E-state index < -0.39 is 5.97 Å². The molecule has 0 atom stereocenters. The topological polar surface area (TPSA) is 91.6 Å². The maximum Gasteiger partial charge on any atom is 0.373 e. The molecule has 1 aliphatic rings. The van der Waals surface area contributed by atoms with E-state index in [4.69, 9.17) is 4.42 Å². The van der Waals surface area contributed by atoms with Crippen LogP contribution in [0.4, 0.5) is 0 Å². The van der Waals surface area contributed by atoms with Crippen LogP contribution in [0.25, 0.3) is 5.52 Å². The van der Waals surface area contributed by atoms with Crippen LogP contribution in [0.3, 0.4) is 0 Å². The van der Waals surface area contributed by atoms with E-state index in [2.05, 4.69) is 14.9 Å². The van der Waals surface area contributed by atoms with Crippen molar-refractivity contribution in [2.75, 3.05) is 7.11 Å². The van der Waals surface area contributed by atoms with Gasteiger partial charge >= 0.3 is 5.97 Å². The Morgan fingerprint density at radius 3 is 3.00 bits per heavy atom. The Labute approximate surface area is 136 Å². The number of hydrogen-bond donors (Lipinski definition) is 0. The van der Waals surface area contributed by atoms with Gasteiger partial charge in [-0.1, -0.05) is 0 Å². The van der Waals surface area contributed by atoms with Gasteiger partial charge in [0.05, 0.1) is 12.8 Å². The zero-order valence-electron chi connectivity index (χ0n) is 13.2. The van der Waals surface area contributed by atoms with Crippen LogP contribution in [-0.4, -0.2) is 32.5 Å². The number of aryl methyl sites for hydroxylation is 2. The quantitative estimate of drug-likeness (QED) is 0.671. The monoisotopic (exact) mass is 328 g/mol. The molecule has 0 aliphatic heterocycles. The summed E-state index contributed by atoms with van der Waals surface area (Å²) in [6.45, 7) is 0.145. The Morgan fingerprint density at radius 1 is 1.33 bits per heavy atom. The number of rotatable bonds is 3. The Balaban J connectivity index is 1.72. The molecule has 3 aromatic heterocycles. The van der Waals surface area contributed by atoms with Crippen molar-refractivity contribution in [2.24, 2.45) is 0 Å². The number of carbonyl (C=O) groups is 1. The third kappa shape index (κ3) is 2.31. The van der Waals surface area contributed by atoms with E-state index in [0.29, 0.717) is 11.3 Å². The third-order valence-electron chi connectivity index (χ3n) is 4.27. The van der Waals surface area contributed by atoms with Crippen LogP contribution in [0.15, 0.2) is 27.7 Å². The molecule has 0 unspecified atom stereocenters. The largest absolute Gasteiger partial charge is 0.463 e. The number of fused-ring (bicyclic) bond motifs is 3. The fourth-order valence-corrected chi connectivity index (χ4v) is 3.10. The average molecular weight is 328 g/mol. The van der Waals surface area contributed by atoms with Crippen molar-refractivity contribution < 1.29 is 13.9 Å². The van der Waals surface area contributed by atoms with E-state index in [9.17, 15) is 9.59 Å². The lowest BCUT2D eigenvalue weighted by Gasteiger charge is -2.08. The molecule has 8 nitrogen and oxygen atoms in total. The maximum absolute atomic E-state index is 12.8. The molecule has 0 saturated heterocycles. The molecule has 3 heterocycles. The SMILES string of the molecule is COC(=O)c1ccc(Cn2ncn3nc4c(c3c2=O)CCCC4)o1. The first-order valence-corrected chi connectivity index (χ1v) is 7.80. The van der Waals surface area contributed by atoms with Crippen LogP contribution in [0, 0.1) is 0 Å². The Kier molecular flexibility index (Phi) is 3.44. The second-order valence-electron chi connectivity index (χ2n) is 5.78. The second-order valence-corrected chi connectivity index (χ2v) is 5.78. The summed E-state index contributed by atoms with van der Waals surface area (Å²) in [5, 5.41) is 8.60. The van der Waals surface area contributed by atoms with Gasteiger partial charge in [-0.3, -0.25) is 4.79 Å². The highest BCUT2D eigenvalue weighted by Gasteiger charge is 2.20. The number of nitrogens with zero attached hydrogens (tertiary/aromatic N) is 4. The summed E-state index contributed by atoms with van der Waals surface area (Å²) in [7, 11) is 1.29. The zero-order valence-corrected chi connectivity index (χ0v) is 13.2. The average Bonchev–Trinajstić information content (AvgIpc) is 3.21. The van der Waals surface area contributed by atoms with Gasteiger partial charge in [-0.2, -0.15) is 10.2 Å². The standard InChI is InChI=1S/C16H16N4O4/c1-23-16(22)13-7-6-10(24-13)8-19-15(21)14-11-4-2-3-5-12(11)18-20(14)9-17-19/h6-7,9H,2-5,8H2,1H3. The number of hydrogen-bond acceptors (Lipinski definition) is 6. The number of aromatic nitrogens is 4. The van der Waals surface area contributed by atoms with Gasteiger partial charge in [0.25, 0.3) is 5.56 Å². The first kappa shape index (κ1) is 14.7. The van der Waals surface area contributed by atoms with Gasteiger partial charge in [-0.25, -0.2) is 14.0 Å². The second kappa shape index (κ2) is 5.63. The molecule has 24 heavy (non-hydrogen) atoms. The first-order valence-electron chi connectivity index (χ1n) is 7.80. The van der Waals surface area contributed by atoms with Gasteiger partial charge in [0, 0.05) is 5.56 Å². The maximum atomic E-state index is 12.8. The van der Waals surface area contributed by atoms with Crippen LogP contribution in [0.2, 0.25) is 0 Å². The fraction of sp³-hybridized carbons (Fsp3) is 0.375. The number of carbonyl (C=O) groups excluding carboxylic acids is 1. The Bertz CT molecular complexity index is 982. The Hall–Kier alpha value is -2.90. The number of furan rings is 1. The van der Waals surface area contributed by atoms with Gasteiger partial charge in [-0.05, 0) is 37.8 Å². The molecule has 0 fully saturated rings. The van der Waals surface area contributed by atoms with Gasteiger partial charge in [-0.15, -0.1) is 0 Å². The zero-order chi connectivity index (χ0) is 16.7. The first-order chi connectivity index (χ1) is 11.7. The summed E-state index contributed by atoms with van der Waals surface area (Å²) in [6.07, 6.45) is 5.47.